The fourth-order valence-corrected chi connectivity index (χ4v) is 2.46. The molecule has 1 saturated heterocycles. The van der Waals surface area contributed by atoms with E-state index in [9.17, 15) is 4.79 Å². The van der Waals surface area contributed by atoms with Crippen molar-refractivity contribution in [3.05, 3.63) is 0 Å². The molecule has 0 aromatic carbocycles. The lowest BCUT2D eigenvalue weighted by molar-refractivity contribution is 0.122. The van der Waals surface area contributed by atoms with Gasteiger partial charge in [-0.2, -0.15) is 0 Å². The van der Waals surface area contributed by atoms with Crippen molar-refractivity contribution in [3.8, 4) is 0 Å². The van der Waals surface area contributed by atoms with Crippen molar-refractivity contribution >= 4 is 6.09 Å². The summed E-state index contributed by atoms with van der Waals surface area (Å²) in [5.41, 5.74) is 0. The normalized spacial score (nSPS) is 26.8. The number of likely N-dealkylation sites (tertiary alicyclic amines) is 1. The van der Waals surface area contributed by atoms with Crippen molar-refractivity contribution in [2.45, 2.75) is 33.2 Å². The predicted octanol–water partition coefficient (Wildman–Crippen LogP) is 1.71. The molecular weight excluding hydrogens is 204 g/mol. The van der Waals surface area contributed by atoms with Gasteiger partial charge in [0, 0.05) is 25.7 Å². The first kappa shape index (κ1) is 13.3. The quantitative estimate of drug-likeness (QED) is 0.799. The molecule has 1 fully saturated rings. The molecule has 1 N–H and O–H groups in total. The maximum atomic E-state index is 11.2. The van der Waals surface area contributed by atoms with Crippen LogP contribution in [0.3, 0.4) is 0 Å². The van der Waals surface area contributed by atoms with E-state index in [1.165, 1.54) is 7.11 Å². The minimum Gasteiger partial charge on any atom is -0.453 e. The zero-order valence-electron chi connectivity index (χ0n) is 10.8. The van der Waals surface area contributed by atoms with E-state index in [4.69, 9.17) is 0 Å². The summed E-state index contributed by atoms with van der Waals surface area (Å²) >= 11 is 0. The van der Waals surface area contributed by atoms with Gasteiger partial charge in [-0.25, -0.2) is 4.79 Å². The van der Waals surface area contributed by atoms with Gasteiger partial charge in [-0.3, -0.25) is 0 Å². The molecule has 0 aromatic heterocycles. The number of piperidine rings is 1. The summed E-state index contributed by atoms with van der Waals surface area (Å²) in [4.78, 5) is 13.6. The predicted molar refractivity (Wildman–Crippen MR) is 64.4 cm³/mol. The van der Waals surface area contributed by atoms with Gasteiger partial charge in [-0.1, -0.05) is 20.8 Å². The number of carbonyl (C=O) groups excluding carboxylic acids is 1. The molecule has 2 unspecified atom stereocenters. The lowest BCUT2D eigenvalue weighted by Crippen LogP contribution is -2.51. The first-order chi connectivity index (χ1) is 7.51. The molecule has 94 valence electrons. The van der Waals surface area contributed by atoms with Gasteiger partial charge in [0.1, 0.15) is 0 Å². The number of nitrogens with zero attached hydrogens (tertiary/aromatic N) is 1. The Bertz CT molecular complexity index is 229. The van der Waals surface area contributed by atoms with E-state index in [0.717, 1.165) is 26.1 Å². The van der Waals surface area contributed by atoms with Crippen LogP contribution in [-0.4, -0.2) is 43.8 Å². The highest BCUT2D eigenvalue weighted by Crippen LogP contribution is 2.17. The molecule has 1 aliphatic heterocycles. The van der Waals surface area contributed by atoms with Crippen LogP contribution in [0.4, 0.5) is 4.79 Å². The van der Waals surface area contributed by atoms with Crippen LogP contribution >= 0.6 is 0 Å². The summed E-state index contributed by atoms with van der Waals surface area (Å²) in [5, 5.41) is 2.90. The molecule has 0 spiro atoms. The van der Waals surface area contributed by atoms with Gasteiger partial charge in [0.05, 0.1) is 7.11 Å². The number of methoxy groups -OCH3 is 1. The standard InChI is InChI=1S/C12H24N2O2/c1-9(2)6-14-7-10(3)5-11(8-14)13-12(15)16-4/h9-11H,5-8H2,1-4H3,(H,13,15). The van der Waals surface area contributed by atoms with Gasteiger partial charge in [-0.15, -0.1) is 0 Å². The number of amides is 1. The summed E-state index contributed by atoms with van der Waals surface area (Å²) in [6.07, 6.45) is 0.729. The second kappa shape index (κ2) is 6.09. The Kier molecular flexibility index (Phi) is 5.06. The zero-order valence-corrected chi connectivity index (χ0v) is 10.8. The molecule has 1 amide bonds. The Morgan fingerprint density at radius 3 is 2.75 bits per heavy atom. The Labute approximate surface area is 98.3 Å². The fraction of sp³-hybridized carbons (Fsp3) is 0.917. The third-order valence-corrected chi connectivity index (χ3v) is 2.87. The maximum Gasteiger partial charge on any atom is 0.407 e. The molecule has 0 aliphatic carbocycles. The SMILES string of the molecule is COC(=O)NC1CC(C)CN(CC(C)C)C1. The number of hydrogen-bond donors (Lipinski definition) is 1. The highest BCUT2D eigenvalue weighted by molar-refractivity contribution is 5.67. The molecule has 0 aromatic rings. The van der Waals surface area contributed by atoms with Crippen LogP contribution in [0.2, 0.25) is 0 Å². The molecule has 1 heterocycles. The second-order valence-electron chi connectivity index (χ2n) is 5.29. The largest absolute Gasteiger partial charge is 0.453 e. The van der Waals surface area contributed by atoms with Gasteiger partial charge in [0.15, 0.2) is 0 Å². The van der Waals surface area contributed by atoms with Crippen molar-refractivity contribution in [3.63, 3.8) is 0 Å². The molecule has 0 radical (unpaired) electrons. The number of ether oxygens (including phenoxy) is 1. The average Bonchev–Trinajstić information content (AvgIpc) is 2.15. The van der Waals surface area contributed by atoms with Gasteiger partial charge >= 0.3 is 6.09 Å². The fourth-order valence-electron chi connectivity index (χ4n) is 2.46. The van der Waals surface area contributed by atoms with Crippen LogP contribution in [0.15, 0.2) is 0 Å². The minimum atomic E-state index is -0.316. The van der Waals surface area contributed by atoms with Gasteiger partial charge in [-0.05, 0) is 18.3 Å². The minimum absolute atomic E-state index is 0.231. The molecular formula is C12H24N2O2. The van der Waals surface area contributed by atoms with E-state index in [2.05, 4.69) is 35.7 Å². The highest BCUT2D eigenvalue weighted by Gasteiger charge is 2.26. The molecule has 1 rings (SSSR count). The Morgan fingerprint density at radius 1 is 1.50 bits per heavy atom. The van der Waals surface area contributed by atoms with Crippen molar-refractivity contribution in [2.75, 3.05) is 26.7 Å². The van der Waals surface area contributed by atoms with E-state index in [1.54, 1.807) is 0 Å². The highest BCUT2D eigenvalue weighted by atomic mass is 16.5. The first-order valence-electron chi connectivity index (χ1n) is 6.08. The van der Waals surface area contributed by atoms with Crippen LogP contribution < -0.4 is 5.32 Å². The Hall–Kier alpha value is -0.770. The van der Waals surface area contributed by atoms with Crippen molar-refractivity contribution in [1.82, 2.24) is 10.2 Å². The Balaban J connectivity index is 2.44. The van der Waals surface area contributed by atoms with Gasteiger partial charge < -0.3 is 15.0 Å². The summed E-state index contributed by atoms with van der Waals surface area (Å²) in [5.74, 6) is 1.30. The smallest absolute Gasteiger partial charge is 0.407 e. The average molecular weight is 228 g/mol. The summed E-state index contributed by atoms with van der Waals surface area (Å²) in [6.45, 7) is 9.86. The van der Waals surface area contributed by atoms with E-state index in [1.807, 2.05) is 0 Å². The number of alkyl carbamates (subject to hydrolysis) is 1. The van der Waals surface area contributed by atoms with Gasteiger partial charge in [0.25, 0.3) is 0 Å². The summed E-state index contributed by atoms with van der Waals surface area (Å²) in [6, 6.07) is 0.231. The topological polar surface area (TPSA) is 41.6 Å². The number of hydrogen-bond acceptors (Lipinski definition) is 3. The van der Waals surface area contributed by atoms with E-state index in [0.29, 0.717) is 11.8 Å². The lowest BCUT2D eigenvalue weighted by Gasteiger charge is -2.37. The number of rotatable bonds is 3. The summed E-state index contributed by atoms with van der Waals surface area (Å²) < 4.78 is 4.64. The van der Waals surface area contributed by atoms with Crippen molar-refractivity contribution < 1.29 is 9.53 Å². The summed E-state index contributed by atoms with van der Waals surface area (Å²) in [7, 11) is 1.41. The van der Waals surface area contributed by atoms with Crippen molar-refractivity contribution in [2.24, 2.45) is 11.8 Å². The molecule has 16 heavy (non-hydrogen) atoms. The van der Waals surface area contributed by atoms with E-state index < -0.39 is 0 Å². The molecule has 0 bridgehead atoms. The third kappa shape index (κ3) is 4.39. The van der Waals surface area contributed by atoms with Crippen LogP contribution in [0.5, 0.6) is 0 Å². The van der Waals surface area contributed by atoms with Crippen LogP contribution in [0.1, 0.15) is 27.2 Å². The maximum absolute atomic E-state index is 11.2. The van der Waals surface area contributed by atoms with Gasteiger partial charge in [0.2, 0.25) is 0 Å². The second-order valence-corrected chi connectivity index (χ2v) is 5.29. The number of carbonyl (C=O) groups is 1. The molecule has 4 heteroatoms. The zero-order chi connectivity index (χ0) is 12.1. The van der Waals surface area contributed by atoms with Crippen LogP contribution in [0, 0.1) is 11.8 Å². The number of nitrogens with one attached hydrogen (secondary N) is 1. The van der Waals surface area contributed by atoms with Crippen LogP contribution in [-0.2, 0) is 4.74 Å². The first-order valence-corrected chi connectivity index (χ1v) is 6.08. The molecule has 2 atom stereocenters. The molecule has 1 aliphatic rings. The van der Waals surface area contributed by atoms with E-state index >= 15 is 0 Å². The van der Waals surface area contributed by atoms with Crippen LogP contribution in [0.25, 0.3) is 0 Å². The molecule has 4 nitrogen and oxygen atoms in total. The van der Waals surface area contributed by atoms with Crippen molar-refractivity contribution in [1.29, 1.82) is 0 Å². The molecule has 0 saturated carbocycles. The third-order valence-electron chi connectivity index (χ3n) is 2.87. The van der Waals surface area contributed by atoms with E-state index in [-0.39, 0.29) is 12.1 Å². The monoisotopic (exact) mass is 228 g/mol. The lowest BCUT2D eigenvalue weighted by atomic mass is 9.95. The Morgan fingerprint density at radius 2 is 2.19 bits per heavy atom.